The molecule has 2 amide bonds. The van der Waals surface area contributed by atoms with E-state index in [9.17, 15) is 19.7 Å². The molecule has 1 aliphatic heterocycles. The first-order valence-electron chi connectivity index (χ1n) is 8.11. The van der Waals surface area contributed by atoms with Crippen LogP contribution in [0.15, 0.2) is 35.5 Å². The second kappa shape index (κ2) is 7.78. The predicted molar refractivity (Wildman–Crippen MR) is 90.7 cm³/mol. The monoisotopic (exact) mass is 347 g/mol. The maximum atomic E-state index is 12.6. The minimum absolute atomic E-state index is 0.161. The van der Waals surface area contributed by atoms with Crippen LogP contribution in [0.1, 0.15) is 38.8 Å². The first kappa shape index (κ1) is 18.4. The summed E-state index contributed by atoms with van der Waals surface area (Å²) in [5, 5.41) is 14.0. The van der Waals surface area contributed by atoms with Crippen molar-refractivity contribution in [1.82, 2.24) is 10.2 Å². The Morgan fingerprint density at radius 3 is 2.64 bits per heavy atom. The highest BCUT2D eigenvalue weighted by Crippen LogP contribution is 2.35. The Labute approximate surface area is 145 Å². The minimum Gasteiger partial charge on any atom is -0.462 e. The molecule has 0 saturated heterocycles. The summed E-state index contributed by atoms with van der Waals surface area (Å²) in [5.41, 5.74) is 0.741. The second-order valence-electron chi connectivity index (χ2n) is 5.58. The van der Waals surface area contributed by atoms with E-state index in [2.05, 4.69) is 5.32 Å². The molecule has 0 saturated carbocycles. The van der Waals surface area contributed by atoms with Crippen LogP contribution in [-0.2, 0) is 9.53 Å². The maximum absolute atomic E-state index is 12.6. The molecule has 1 N–H and O–H groups in total. The molecule has 0 aliphatic carbocycles. The summed E-state index contributed by atoms with van der Waals surface area (Å²) in [6, 6.07) is 4.71. The number of nitrogens with zero attached hydrogens (tertiary/aromatic N) is 2. The first-order chi connectivity index (χ1) is 11.9. The van der Waals surface area contributed by atoms with Crippen molar-refractivity contribution < 1.29 is 19.2 Å². The number of allylic oxidation sites excluding steroid dienone is 1. The van der Waals surface area contributed by atoms with Gasteiger partial charge in [0.1, 0.15) is 0 Å². The van der Waals surface area contributed by atoms with E-state index in [4.69, 9.17) is 4.74 Å². The van der Waals surface area contributed by atoms with E-state index in [1.54, 1.807) is 19.9 Å². The van der Waals surface area contributed by atoms with Crippen molar-refractivity contribution in [3.8, 4) is 0 Å². The molecular weight excluding hydrogens is 326 g/mol. The van der Waals surface area contributed by atoms with Gasteiger partial charge in [-0.2, -0.15) is 0 Å². The van der Waals surface area contributed by atoms with Crippen molar-refractivity contribution in [2.75, 3.05) is 13.2 Å². The highest BCUT2D eigenvalue weighted by atomic mass is 16.6. The summed E-state index contributed by atoms with van der Waals surface area (Å²) in [7, 11) is 0. The van der Waals surface area contributed by atoms with E-state index in [1.165, 1.54) is 23.1 Å². The van der Waals surface area contributed by atoms with Gasteiger partial charge in [0.2, 0.25) is 0 Å². The van der Waals surface area contributed by atoms with Crippen molar-refractivity contribution in [1.29, 1.82) is 0 Å². The lowest BCUT2D eigenvalue weighted by molar-refractivity contribution is -0.385. The van der Waals surface area contributed by atoms with Gasteiger partial charge in [0.25, 0.3) is 5.69 Å². The fraction of sp³-hybridized carbons (Fsp3) is 0.412. The molecular formula is C17H21N3O5. The van der Waals surface area contributed by atoms with E-state index >= 15 is 0 Å². The Morgan fingerprint density at radius 1 is 1.36 bits per heavy atom. The van der Waals surface area contributed by atoms with Crippen molar-refractivity contribution in [2.45, 2.75) is 33.2 Å². The summed E-state index contributed by atoms with van der Waals surface area (Å²) in [5.74, 6) is -0.582. The number of amides is 2. The molecule has 1 aromatic rings. The van der Waals surface area contributed by atoms with Crippen LogP contribution in [0.2, 0.25) is 0 Å². The number of hydrogen-bond acceptors (Lipinski definition) is 5. The van der Waals surface area contributed by atoms with E-state index in [0.29, 0.717) is 18.7 Å². The Balaban J connectivity index is 2.58. The van der Waals surface area contributed by atoms with Gasteiger partial charge in [-0.1, -0.05) is 19.1 Å². The molecule has 0 radical (unpaired) electrons. The van der Waals surface area contributed by atoms with Gasteiger partial charge in [0, 0.05) is 18.3 Å². The highest BCUT2D eigenvalue weighted by Gasteiger charge is 2.38. The topological polar surface area (TPSA) is 102 Å². The number of nitrogens with one attached hydrogen (secondary N) is 1. The van der Waals surface area contributed by atoms with Gasteiger partial charge >= 0.3 is 12.0 Å². The summed E-state index contributed by atoms with van der Waals surface area (Å²) in [6.07, 6.45) is 0.651. The highest BCUT2D eigenvalue weighted by molar-refractivity contribution is 5.95. The largest absolute Gasteiger partial charge is 0.462 e. The number of carbonyl (C=O) groups excluding carboxylic acids is 2. The number of carbonyl (C=O) groups is 2. The van der Waals surface area contributed by atoms with E-state index in [-0.39, 0.29) is 23.4 Å². The van der Waals surface area contributed by atoms with E-state index in [1.807, 2.05) is 6.92 Å². The van der Waals surface area contributed by atoms with Crippen LogP contribution < -0.4 is 5.32 Å². The molecule has 134 valence electrons. The lowest BCUT2D eigenvalue weighted by atomic mass is 9.93. The Morgan fingerprint density at radius 2 is 2.04 bits per heavy atom. The standard InChI is InChI=1S/C17H21N3O5/c1-4-10-25-16(21)14-11(3)19(5-2)17(22)18-15(14)12-8-6-7-9-13(12)20(23)24/h6-9,15H,4-5,10H2,1-3H3,(H,18,22)/t15-/m0/s1. The van der Waals surface area contributed by atoms with E-state index in [0.717, 1.165) is 0 Å². The molecule has 1 aromatic carbocycles. The molecule has 0 bridgehead atoms. The number of ether oxygens (including phenoxy) is 1. The van der Waals surface area contributed by atoms with Crippen molar-refractivity contribution in [3.63, 3.8) is 0 Å². The van der Waals surface area contributed by atoms with Gasteiger partial charge < -0.3 is 10.1 Å². The Kier molecular flexibility index (Phi) is 5.74. The number of esters is 1. The molecule has 1 heterocycles. The molecule has 1 aliphatic rings. The number of rotatable bonds is 6. The van der Waals surface area contributed by atoms with Gasteiger partial charge in [0.15, 0.2) is 0 Å². The number of para-hydroxylation sites is 1. The van der Waals surface area contributed by atoms with Crippen molar-refractivity contribution in [2.24, 2.45) is 0 Å². The SMILES string of the molecule is CCCOC(=O)C1=C(C)N(CC)C(=O)N[C@H]1c1ccccc1[N+](=O)[O-]. The van der Waals surface area contributed by atoms with Crippen LogP contribution in [0.3, 0.4) is 0 Å². The Hall–Kier alpha value is -2.90. The third-order valence-electron chi connectivity index (χ3n) is 4.01. The number of urea groups is 1. The molecule has 8 heteroatoms. The zero-order chi connectivity index (χ0) is 18.6. The number of benzene rings is 1. The fourth-order valence-corrected chi connectivity index (χ4v) is 2.83. The third kappa shape index (κ3) is 3.62. The second-order valence-corrected chi connectivity index (χ2v) is 5.58. The normalized spacial score (nSPS) is 17.3. The average molecular weight is 347 g/mol. The lowest BCUT2D eigenvalue weighted by Crippen LogP contribution is -2.48. The van der Waals surface area contributed by atoms with Gasteiger partial charge in [-0.05, 0) is 26.3 Å². The van der Waals surface area contributed by atoms with Crippen LogP contribution in [0, 0.1) is 10.1 Å². The fourth-order valence-electron chi connectivity index (χ4n) is 2.83. The summed E-state index contributed by atoms with van der Waals surface area (Å²) in [6.45, 7) is 5.90. The summed E-state index contributed by atoms with van der Waals surface area (Å²) >= 11 is 0. The molecule has 0 aromatic heterocycles. The number of nitro groups is 1. The predicted octanol–water partition coefficient (Wildman–Crippen LogP) is 2.91. The molecule has 0 spiro atoms. The lowest BCUT2D eigenvalue weighted by Gasteiger charge is -2.34. The molecule has 0 unspecified atom stereocenters. The molecule has 1 atom stereocenters. The van der Waals surface area contributed by atoms with Crippen molar-refractivity contribution >= 4 is 17.7 Å². The first-order valence-corrected chi connectivity index (χ1v) is 8.11. The van der Waals surface area contributed by atoms with Gasteiger partial charge in [0.05, 0.1) is 28.7 Å². The molecule has 8 nitrogen and oxygen atoms in total. The molecule has 25 heavy (non-hydrogen) atoms. The number of hydrogen-bond donors (Lipinski definition) is 1. The minimum atomic E-state index is -0.929. The molecule has 2 rings (SSSR count). The van der Waals surface area contributed by atoms with Crippen LogP contribution in [0.25, 0.3) is 0 Å². The van der Waals surface area contributed by atoms with Crippen LogP contribution in [0.4, 0.5) is 10.5 Å². The molecule has 0 fully saturated rings. The third-order valence-corrected chi connectivity index (χ3v) is 4.01. The summed E-state index contributed by atoms with van der Waals surface area (Å²) in [4.78, 5) is 37.1. The Bertz CT molecular complexity index is 729. The van der Waals surface area contributed by atoms with Crippen LogP contribution >= 0.6 is 0 Å². The van der Waals surface area contributed by atoms with Crippen molar-refractivity contribution in [3.05, 3.63) is 51.2 Å². The maximum Gasteiger partial charge on any atom is 0.338 e. The van der Waals surface area contributed by atoms with Gasteiger partial charge in [-0.15, -0.1) is 0 Å². The summed E-state index contributed by atoms with van der Waals surface area (Å²) < 4.78 is 5.24. The van der Waals surface area contributed by atoms with Crippen LogP contribution in [-0.4, -0.2) is 35.0 Å². The van der Waals surface area contributed by atoms with E-state index < -0.39 is 23.0 Å². The zero-order valence-electron chi connectivity index (χ0n) is 14.4. The average Bonchev–Trinajstić information content (AvgIpc) is 2.59. The number of nitro benzene ring substituents is 1. The van der Waals surface area contributed by atoms with Gasteiger partial charge in [-0.25, -0.2) is 9.59 Å². The quantitative estimate of drug-likeness (QED) is 0.484. The zero-order valence-corrected chi connectivity index (χ0v) is 14.4. The van der Waals surface area contributed by atoms with Gasteiger partial charge in [-0.3, -0.25) is 15.0 Å². The smallest absolute Gasteiger partial charge is 0.338 e. The van der Waals surface area contributed by atoms with Crippen LogP contribution in [0.5, 0.6) is 0 Å².